The predicted molar refractivity (Wildman–Crippen MR) is 77.2 cm³/mol. The first kappa shape index (κ1) is 11.2. The molecular weight excluding hydrogens is 220 g/mol. The number of fused-ring (bicyclic) bond motifs is 3. The van der Waals surface area contributed by atoms with Crippen molar-refractivity contribution in [1.82, 2.24) is 0 Å². The van der Waals surface area contributed by atoms with E-state index in [0.717, 1.165) is 0 Å². The molecule has 2 heteroatoms. The monoisotopic (exact) mass is 236 g/mol. The van der Waals surface area contributed by atoms with Crippen LogP contribution in [0.25, 0.3) is 21.5 Å². The average molecular weight is 236 g/mol. The van der Waals surface area contributed by atoms with Crippen molar-refractivity contribution in [2.24, 2.45) is 11.5 Å². The summed E-state index contributed by atoms with van der Waals surface area (Å²) in [5.41, 5.74) is 14.2. The zero-order valence-corrected chi connectivity index (χ0v) is 10.2. The summed E-state index contributed by atoms with van der Waals surface area (Å²) in [6.45, 7) is 1.05. The third-order valence-corrected chi connectivity index (χ3v) is 3.57. The van der Waals surface area contributed by atoms with Crippen LogP contribution < -0.4 is 11.5 Å². The Bertz CT molecular complexity index is 654. The summed E-state index contributed by atoms with van der Waals surface area (Å²) in [5.74, 6) is 0. The van der Waals surface area contributed by atoms with E-state index in [0.29, 0.717) is 13.1 Å². The molecule has 0 aliphatic heterocycles. The van der Waals surface area contributed by atoms with E-state index < -0.39 is 0 Å². The second-order valence-electron chi connectivity index (χ2n) is 4.46. The van der Waals surface area contributed by atoms with Gasteiger partial charge in [-0.05, 0) is 32.7 Å². The second-order valence-corrected chi connectivity index (χ2v) is 4.46. The normalized spacial score (nSPS) is 11.2. The fourth-order valence-electron chi connectivity index (χ4n) is 2.75. The van der Waals surface area contributed by atoms with E-state index in [1.165, 1.54) is 32.7 Å². The molecule has 0 aromatic heterocycles. The van der Waals surface area contributed by atoms with Gasteiger partial charge in [0.25, 0.3) is 0 Å². The van der Waals surface area contributed by atoms with Crippen molar-refractivity contribution < 1.29 is 0 Å². The third-order valence-electron chi connectivity index (χ3n) is 3.57. The van der Waals surface area contributed by atoms with Gasteiger partial charge >= 0.3 is 0 Å². The van der Waals surface area contributed by atoms with Gasteiger partial charge in [-0.25, -0.2) is 0 Å². The van der Waals surface area contributed by atoms with Gasteiger partial charge in [0.05, 0.1) is 0 Å². The van der Waals surface area contributed by atoms with Crippen LogP contribution in [0.15, 0.2) is 48.5 Å². The number of hydrogen-bond donors (Lipinski definition) is 2. The highest BCUT2D eigenvalue weighted by atomic mass is 14.6. The SMILES string of the molecule is NCc1c(CN)c2ccccc2c2ccccc12. The third kappa shape index (κ3) is 1.50. The molecule has 0 saturated heterocycles. The van der Waals surface area contributed by atoms with Gasteiger partial charge in [-0.15, -0.1) is 0 Å². The van der Waals surface area contributed by atoms with E-state index in [1.807, 2.05) is 0 Å². The van der Waals surface area contributed by atoms with Crippen LogP contribution in [-0.2, 0) is 13.1 Å². The van der Waals surface area contributed by atoms with Gasteiger partial charge in [-0.1, -0.05) is 48.5 Å². The van der Waals surface area contributed by atoms with E-state index in [1.54, 1.807) is 0 Å². The van der Waals surface area contributed by atoms with E-state index in [-0.39, 0.29) is 0 Å². The van der Waals surface area contributed by atoms with E-state index in [2.05, 4.69) is 48.5 Å². The molecule has 0 unspecified atom stereocenters. The largest absolute Gasteiger partial charge is 0.326 e. The molecule has 4 N–H and O–H groups in total. The molecule has 0 heterocycles. The summed E-state index contributed by atoms with van der Waals surface area (Å²) in [6.07, 6.45) is 0. The minimum atomic E-state index is 0.526. The van der Waals surface area contributed by atoms with Gasteiger partial charge in [0, 0.05) is 13.1 Å². The van der Waals surface area contributed by atoms with Crippen molar-refractivity contribution in [2.45, 2.75) is 13.1 Å². The van der Waals surface area contributed by atoms with Crippen molar-refractivity contribution in [3.05, 3.63) is 59.7 Å². The molecule has 3 aromatic rings. The molecule has 0 radical (unpaired) electrons. The Morgan fingerprint density at radius 3 is 1.22 bits per heavy atom. The average Bonchev–Trinajstić information content (AvgIpc) is 2.45. The Morgan fingerprint density at radius 2 is 0.889 bits per heavy atom. The van der Waals surface area contributed by atoms with Gasteiger partial charge in [-0.2, -0.15) is 0 Å². The molecule has 0 aliphatic rings. The molecule has 90 valence electrons. The van der Waals surface area contributed by atoms with Crippen molar-refractivity contribution in [3.63, 3.8) is 0 Å². The summed E-state index contributed by atoms with van der Waals surface area (Å²) < 4.78 is 0. The molecule has 0 saturated carbocycles. The van der Waals surface area contributed by atoms with Crippen LogP contribution in [0.4, 0.5) is 0 Å². The van der Waals surface area contributed by atoms with Gasteiger partial charge < -0.3 is 11.5 Å². The number of hydrogen-bond acceptors (Lipinski definition) is 2. The minimum absolute atomic E-state index is 0.526. The Morgan fingerprint density at radius 1 is 0.556 bits per heavy atom. The molecule has 0 fully saturated rings. The Balaban J connectivity index is 2.61. The summed E-state index contributed by atoms with van der Waals surface area (Å²) >= 11 is 0. The van der Waals surface area contributed by atoms with Crippen LogP contribution in [0.3, 0.4) is 0 Å². The lowest BCUT2D eigenvalue weighted by molar-refractivity contribution is 1.00. The molecule has 0 aliphatic carbocycles. The lowest BCUT2D eigenvalue weighted by Gasteiger charge is -2.15. The second kappa shape index (κ2) is 4.41. The zero-order valence-electron chi connectivity index (χ0n) is 10.2. The van der Waals surface area contributed by atoms with Gasteiger partial charge in [0.1, 0.15) is 0 Å². The zero-order chi connectivity index (χ0) is 12.5. The molecule has 3 rings (SSSR count). The lowest BCUT2D eigenvalue weighted by atomic mass is 9.91. The summed E-state index contributed by atoms with van der Waals surface area (Å²) in [6, 6.07) is 16.8. The summed E-state index contributed by atoms with van der Waals surface area (Å²) in [7, 11) is 0. The molecule has 18 heavy (non-hydrogen) atoms. The molecule has 0 spiro atoms. The standard InChI is InChI=1S/C16H16N2/c17-9-15-13-7-3-1-5-11(13)12-6-2-4-8-14(12)16(15)10-18/h1-8H,9-10,17-18H2. The number of rotatable bonds is 2. The van der Waals surface area contributed by atoms with Gasteiger partial charge in [0.15, 0.2) is 0 Å². The smallest absolute Gasteiger partial charge is 0.0187 e. The van der Waals surface area contributed by atoms with Crippen LogP contribution in [-0.4, -0.2) is 0 Å². The van der Waals surface area contributed by atoms with Crippen molar-refractivity contribution in [3.8, 4) is 0 Å². The maximum atomic E-state index is 5.93. The van der Waals surface area contributed by atoms with Crippen LogP contribution >= 0.6 is 0 Å². The van der Waals surface area contributed by atoms with E-state index in [9.17, 15) is 0 Å². The Kier molecular flexibility index (Phi) is 2.74. The molecule has 0 amide bonds. The number of nitrogens with two attached hydrogens (primary N) is 2. The lowest BCUT2D eigenvalue weighted by Crippen LogP contribution is -2.07. The Hall–Kier alpha value is -1.90. The molecular formula is C16H16N2. The predicted octanol–water partition coefficient (Wildman–Crippen LogP) is 2.91. The van der Waals surface area contributed by atoms with E-state index >= 15 is 0 Å². The first-order chi connectivity index (χ1) is 8.86. The van der Waals surface area contributed by atoms with Gasteiger partial charge in [0.2, 0.25) is 0 Å². The summed E-state index contributed by atoms with van der Waals surface area (Å²) in [5, 5.41) is 4.95. The first-order valence-corrected chi connectivity index (χ1v) is 6.18. The summed E-state index contributed by atoms with van der Waals surface area (Å²) in [4.78, 5) is 0. The topological polar surface area (TPSA) is 52.0 Å². The maximum Gasteiger partial charge on any atom is 0.0187 e. The van der Waals surface area contributed by atoms with Crippen molar-refractivity contribution >= 4 is 21.5 Å². The maximum absolute atomic E-state index is 5.93. The van der Waals surface area contributed by atoms with Crippen molar-refractivity contribution in [2.75, 3.05) is 0 Å². The minimum Gasteiger partial charge on any atom is -0.326 e. The van der Waals surface area contributed by atoms with Crippen LogP contribution in [0, 0.1) is 0 Å². The molecule has 3 aromatic carbocycles. The molecule has 0 atom stereocenters. The van der Waals surface area contributed by atoms with Crippen LogP contribution in [0.1, 0.15) is 11.1 Å². The van der Waals surface area contributed by atoms with E-state index in [4.69, 9.17) is 11.5 Å². The Labute approximate surface area is 106 Å². The van der Waals surface area contributed by atoms with Crippen LogP contribution in [0.2, 0.25) is 0 Å². The highest BCUT2D eigenvalue weighted by molar-refractivity contribution is 6.10. The molecule has 2 nitrogen and oxygen atoms in total. The fraction of sp³-hybridized carbons (Fsp3) is 0.125. The first-order valence-electron chi connectivity index (χ1n) is 6.18. The number of benzene rings is 3. The molecule has 0 bridgehead atoms. The highest BCUT2D eigenvalue weighted by Crippen LogP contribution is 2.32. The highest BCUT2D eigenvalue weighted by Gasteiger charge is 2.11. The van der Waals surface area contributed by atoms with Crippen molar-refractivity contribution in [1.29, 1.82) is 0 Å². The van der Waals surface area contributed by atoms with Crippen LogP contribution in [0.5, 0.6) is 0 Å². The quantitative estimate of drug-likeness (QED) is 0.672. The fourth-order valence-corrected chi connectivity index (χ4v) is 2.75. The van der Waals surface area contributed by atoms with Gasteiger partial charge in [-0.3, -0.25) is 0 Å².